The van der Waals surface area contributed by atoms with Crippen molar-refractivity contribution in [2.24, 2.45) is 0 Å². The number of carbonyl (C=O) groups excluding carboxylic acids is 1. The lowest BCUT2D eigenvalue weighted by Crippen LogP contribution is -2.33. The van der Waals surface area contributed by atoms with Gasteiger partial charge in [0, 0.05) is 17.0 Å². The molecule has 2 atom stereocenters. The summed E-state index contributed by atoms with van der Waals surface area (Å²) in [7, 11) is 0. The number of hydrogen-bond acceptors (Lipinski definition) is 2. The Labute approximate surface area is 128 Å². The molecule has 21 heavy (non-hydrogen) atoms. The number of aliphatic hydroxyl groups is 1. The Kier molecular flexibility index (Phi) is 3.70. The summed E-state index contributed by atoms with van der Waals surface area (Å²) in [6.07, 6.45) is -0.0134. The number of nitrogens with one attached hydrogen (secondary N) is 1. The van der Waals surface area contributed by atoms with Crippen LogP contribution in [-0.2, 0) is 6.42 Å². The molecule has 1 aliphatic rings. The van der Waals surface area contributed by atoms with Gasteiger partial charge in [0.2, 0.25) is 0 Å². The first-order chi connectivity index (χ1) is 10.1. The minimum Gasteiger partial charge on any atom is -0.390 e. The second kappa shape index (κ2) is 5.51. The molecule has 108 valence electrons. The number of carbonyl (C=O) groups is 1. The molecule has 3 rings (SSSR count). The maximum absolute atomic E-state index is 12.4. The van der Waals surface area contributed by atoms with Crippen LogP contribution in [0.1, 0.15) is 33.1 Å². The molecule has 0 unspecified atom stereocenters. The molecule has 0 fully saturated rings. The molecule has 2 aromatic rings. The predicted octanol–water partition coefficient (Wildman–Crippen LogP) is 3.04. The maximum atomic E-state index is 12.4. The molecule has 0 spiro atoms. The molecule has 2 aromatic carbocycles. The number of benzene rings is 2. The molecule has 0 heterocycles. The van der Waals surface area contributed by atoms with Gasteiger partial charge in [0.15, 0.2) is 0 Å². The summed E-state index contributed by atoms with van der Waals surface area (Å²) in [6.45, 7) is 1.86. The van der Waals surface area contributed by atoms with Crippen molar-refractivity contribution in [3.8, 4) is 0 Å². The minimum atomic E-state index is -0.584. The van der Waals surface area contributed by atoms with E-state index in [1.54, 1.807) is 18.2 Å². The monoisotopic (exact) mass is 301 g/mol. The van der Waals surface area contributed by atoms with Crippen LogP contribution < -0.4 is 5.32 Å². The number of hydrogen-bond donors (Lipinski definition) is 2. The van der Waals surface area contributed by atoms with Gasteiger partial charge in [-0.2, -0.15) is 0 Å². The zero-order valence-electron chi connectivity index (χ0n) is 11.6. The van der Waals surface area contributed by atoms with E-state index in [-0.39, 0.29) is 11.9 Å². The van der Waals surface area contributed by atoms with Gasteiger partial charge in [-0.1, -0.05) is 35.9 Å². The number of fused-ring (bicyclic) bond motifs is 1. The first-order valence-electron chi connectivity index (χ1n) is 6.89. The van der Waals surface area contributed by atoms with Gasteiger partial charge in [-0.3, -0.25) is 4.79 Å². The fourth-order valence-corrected chi connectivity index (χ4v) is 2.88. The molecule has 0 saturated heterocycles. The van der Waals surface area contributed by atoms with E-state index in [9.17, 15) is 9.90 Å². The Balaban J connectivity index is 1.83. The minimum absolute atomic E-state index is 0.199. The van der Waals surface area contributed by atoms with Crippen LogP contribution in [0.5, 0.6) is 0 Å². The molecule has 2 N–H and O–H groups in total. The molecular weight excluding hydrogens is 286 g/mol. The van der Waals surface area contributed by atoms with Gasteiger partial charge >= 0.3 is 0 Å². The van der Waals surface area contributed by atoms with Gasteiger partial charge in [0.05, 0.1) is 12.1 Å². The molecule has 0 radical (unpaired) electrons. The highest BCUT2D eigenvalue weighted by molar-refractivity contribution is 6.31. The van der Waals surface area contributed by atoms with Gasteiger partial charge in [0.1, 0.15) is 0 Å². The van der Waals surface area contributed by atoms with Crippen molar-refractivity contribution in [1.82, 2.24) is 5.32 Å². The van der Waals surface area contributed by atoms with Crippen LogP contribution in [0, 0.1) is 6.92 Å². The SMILES string of the molecule is Cc1cc(C(=O)N[C@H]2c3ccccc3C[C@H]2O)ccc1Cl. The normalized spacial score (nSPS) is 20.1. The third-order valence-electron chi connectivity index (χ3n) is 3.91. The topological polar surface area (TPSA) is 49.3 Å². The number of aryl methyl sites for hydroxylation is 1. The first-order valence-corrected chi connectivity index (χ1v) is 7.27. The van der Waals surface area contributed by atoms with Crippen LogP contribution in [0.25, 0.3) is 0 Å². The van der Waals surface area contributed by atoms with Gasteiger partial charge in [0.25, 0.3) is 5.91 Å². The maximum Gasteiger partial charge on any atom is 0.251 e. The van der Waals surface area contributed by atoms with Crippen LogP contribution in [-0.4, -0.2) is 17.1 Å². The van der Waals surface area contributed by atoms with Crippen LogP contribution in [0.4, 0.5) is 0 Å². The second-order valence-corrected chi connectivity index (χ2v) is 5.79. The van der Waals surface area contributed by atoms with Gasteiger partial charge in [-0.15, -0.1) is 0 Å². The molecule has 3 nitrogen and oxygen atoms in total. The predicted molar refractivity (Wildman–Crippen MR) is 82.5 cm³/mol. The highest BCUT2D eigenvalue weighted by Gasteiger charge is 2.32. The molecule has 0 aromatic heterocycles. The Morgan fingerprint density at radius 2 is 2.05 bits per heavy atom. The second-order valence-electron chi connectivity index (χ2n) is 5.39. The van der Waals surface area contributed by atoms with Crippen LogP contribution >= 0.6 is 11.6 Å². The van der Waals surface area contributed by atoms with Crippen molar-refractivity contribution in [2.75, 3.05) is 0 Å². The van der Waals surface area contributed by atoms with Gasteiger partial charge < -0.3 is 10.4 Å². The summed E-state index contributed by atoms with van der Waals surface area (Å²) in [5, 5.41) is 13.7. The van der Waals surface area contributed by atoms with Crippen molar-refractivity contribution in [3.63, 3.8) is 0 Å². The number of halogens is 1. The van der Waals surface area contributed by atoms with E-state index in [1.807, 2.05) is 31.2 Å². The highest BCUT2D eigenvalue weighted by atomic mass is 35.5. The van der Waals surface area contributed by atoms with E-state index in [1.165, 1.54) is 0 Å². The Morgan fingerprint density at radius 1 is 1.29 bits per heavy atom. The van der Waals surface area contributed by atoms with Crippen molar-refractivity contribution in [1.29, 1.82) is 0 Å². The molecule has 1 aliphatic carbocycles. The lowest BCUT2D eigenvalue weighted by Gasteiger charge is -2.18. The summed E-state index contributed by atoms with van der Waals surface area (Å²) in [5.74, 6) is -0.199. The van der Waals surface area contributed by atoms with E-state index in [0.717, 1.165) is 16.7 Å². The van der Waals surface area contributed by atoms with Crippen molar-refractivity contribution in [2.45, 2.75) is 25.5 Å². The Bertz CT molecular complexity index is 699. The fraction of sp³-hybridized carbons (Fsp3) is 0.235. The van der Waals surface area contributed by atoms with Crippen molar-refractivity contribution in [3.05, 3.63) is 69.7 Å². The molecular formula is C17H16ClNO2. The van der Waals surface area contributed by atoms with E-state index < -0.39 is 6.10 Å². The highest BCUT2D eigenvalue weighted by Crippen LogP contribution is 2.31. The Morgan fingerprint density at radius 3 is 2.81 bits per heavy atom. The van der Waals surface area contributed by atoms with E-state index in [2.05, 4.69) is 5.32 Å². The van der Waals surface area contributed by atoms with Gasteiger partial charge in [-0.05, 0) is 41.8 Å². The van der Waals surface area contributed by atoms with Crippen LogP contribution in [0.15, 0.2) is 42.5 Å². The average Bonchev–Trinajstić information content (AvgIpc) is 2.78. The molecule has 4 heteroatoms. The summed E-state index contributed by atoms with van der Waals surface area (Å²) in [6, 6.07) is 12.6. The van der Waals surface area contributed by atoms with E-state index in [4.69, 9.17) is 11.6 Å². The summed E-state index contributed by atoms with van der Waals surface area (Å²) in [4.78, 5) is 12.4. The van der Waals surface area contributed by atoms with E-state index in [0.29, 0.717) is 17.0 Å². The lowest BCUT2D eigenvalue weighted by atomic mass is 10.1. The summed E-state index contributed by atoms with van der Waals surface area (Å²) >= 11 is 5.97. The van der Waals surface area contributed by atoms with Crippen LogP contribution in [0.2, 0.25) is 5.02 Å². The Hall–Kier alpha value is -1.84. The number of amides is 1. The van der Waals surface area contributed by atoms with Gasteiger partial charge in [-0.25, -0.2) is 0 Å². The smallest absolute Gasteiger partial charge is 0.251 e. The molecule has 0 saturated carbocycles. The third-order valence-corrected chi connectivity index (χ3v) is 4.33. The van der Waals surface area contributed by atoms with E-state index >= 15 is 0 Å². The lowest BCUT2D eigenvalue weighted by molar-refractivity contribution is 0.0858. The standard InChI is InChI=1S/C17H16ClNO2/c1-10-8-12(6-7-14(10)18)17(21)19-16-13-5-3-2-4-11(13)9-15(16)20/h2-8,15-16,20H,9H2,1H3,(H,19,21)/t15-,16+/m1/s1. The number of rotatable bonds is 2. The zero-order valence-corrected chi connectivity index (χ0v) is 12.4. The third kappa shape index (κ3) is 2.67. The first kappa shape index (κ1) is 14.1. The summed E-state index contributed by atoms with van der Waals surface area (Å²) in [5.41, 5.74) is 3.48. The quantitative estimate of drug-likeness (QED) is 0.896. The molecule has 0 aliphatic heterocycles. The fourth-order valence-electron chi connectivity index (χ4n) is 2.76. The molecule has 0 bridgehead atoms. The van der Waals surface area contributed by atoms with Crippen molar-refractivity contribution >= 4 is 17.5 Å². The average molecular weight is 302 g/mol. The number of aliphatic hydroxyl groups excluding tert-OH is 1. The zero-order chi connectivity index (χ0) is 15.0. The van der Waals surface area contributed by atoms with Crippen LogP contribution in [0.3, 0.4) is 0 Å². The molecule has 1 amide bonds. The van der Waals surface area contributed by atoms with Crippen molar-refractivity contribution < 1.29 is 9.90 Å². The summed E-state index contributed by atoms with van der Waals surface area (Å²) < 4.78 is 0. The largest absolute Gasteiger partial charge is 0.390 e.